The van der Waals surface area contributed by atoms with E-state index in [0.29, 0.717) is 5.41 Å². The van der Waals surface area contributed by atoms with Gasteiger partial charge in [0, 0.05) is 0 Å². The average Bonchev–Trinajstić information content (AvgIpc) is 2.90. The fraction of sp³-hybridized carbons (Fsp3) is 0.727. The van der Waals surface area contributed by atoms with Gasteiger partial charge in [0.05, 0.1) is 0 Å². The second-order valence-electron chi connectivity index (χ2n) is 9.10. The third-order valence-electron chi connectivity index (χ3n) is 7.42. The molecule has 0 saturated heterocycles. The fourth-order valence-electron chi connectivity index (χ4n) is 6.96. The Hall–Kier alpha value is -0.780. The largest absolute Gasteiger partial charge is 0.0623 e. The maximum Gasteiger partial charge on any atom is -0.00301 e. The van der Waals surface area contributed by atoms with Gasteiger partial charge in [-0.3, -0.25) is 0 Å². The van der Waals surface area contributed by atoms with Gasteiger partial charge in [-0.15, -0.1) is 0 Å². The van der Waals surface area contributed by atoms with E-state index in [1.54, 1.807) is 36.0 Å². The maximum atomic E-state index is 3.97. The highest BCUT2D eigenvalue weighted by molar-refractivity contribution is 5.53. The van der Waals surface area contributed by atoms with Crippen molar-refractivity contribution in [2.45, 2.75) is 77.6 Å². The molecule has 0 unspecified atom stereocenters. The van der Waals surface area contributed by atoms with Crippen LogP contribution in [0.1, 0.15) is 77.6 Å². The van der Waals surface area contributed by atoms with Crippen molar-refractivity contribution in [1.29, 1.82) is 0 Å². The summed E-state index contributed by atoms with van der Waals surface area (Å²) in [6.45, 7) is 2.37. The first-order chi connectivity index (χ1) is 10.7. The van der Waals surface area contributed by atoms with Crippen molar-refractivity contribution in [3.05, 3.63) is 34.4 Å². The molecular formula is C22H29. The number of hydrogen-bond donors (Lipinski definition) is 0. The van der Waals surface area contributed by atoms with Crippen LogP contribution in [0.25, 0.3) is 0 Å². The molecule has 0 spiro atoms. The first-order valence-corrected chi connectivity index (χ1v) is 9.77. The molecule has 6 aliphatic carbocycles. The molecule has 0 atom stereocenters. The highest BCUT2D eigenvalue weighted by Gasteiger charge is 2.53. The molecule has 0 aromatic heterocycles. The zero-order valence-electron chi connectivity index (χ0n) is 14.1. The Morgan fingerprint density at radius 3 is 2.09 bits per heavy atom. The summed E-state index contributed by atoms with van der Waals surface area (Å²) in [5.41, 5.74) is 6.97. The topological polar surface area (TPSA) is 0 Å². The lowest BCUT2D eigenvalue weighted by Crippen LogP contribution is -2.47. The molecule has 6 rings (SSSR count). The van der Waals surface area contributed by atoms with Crippen LogP contribution in [-0.4, -0.2) is 0 Å². The van der Waals surface area contributed by atoms with E-state index >= 15 is 0 Å². The van der Waals surface area contributed by atoms with Crippen LogP contribution in [-0.2, 0) is 0 Å². The summed E-state index contributed by atoms with van der Waals surface area (Å²) in [5, 5.41) is 0. The Kier molecular flexibility index (Phi) is 3.01. The predicted molar refractivity (Wildman–Crippen MR) is 91.2 cm³/mol. The monoisotopic (exact) mass is 293 g/mol. The molecule has 0 heteroatoms. The van der Waals surface area contributed by atoms with Gasteiger partial charge in [-0.1, -0.05) is 18.1 Å². The second-order valence-corrected chi connectivity index (χ2v) is 9.10. The summed E-state index contributed by atoms with van der Waals surface area (Å²) in [7, 11) is 0. The van der Waals surface area contributed by atoms with Crippen molar-refractivity contribution in [2.75, 3.05) is 0 Å². The summed E-state index contributed by atoms with van der Waals surface area (Å²) < 4.78 is 0. The first kappa shape index (κ1) is 13.6. The van der Waals surface area contributed by atoms with Gasteiger partial charge >= 0.3 is 0 Å². The van der Waals surface area contributed by atoms with E-state index in [2.05, 4.69) is 19.1 Å². The highest BCUT2D eigenvalue weighted by atomic mass is 14.6. The van der Waals surface area contributed by atoms with Gasteiger partial charge < -0.3 is 0 Å². The maximum absolute atomic E-state index is 3.97. The van der Waals surface area contributed by atoms with Crippen LogP contribution >= 0.6 is 0 Å². The Morgan fingerprint density at radius 1 is 0.909 bits per heavy atom. The van der Waals surface area contributed by atoms with Crippen molar-refractivity contribution in [1.82, 2.24) is 0 Å². The molecule has 0 aliphatic heterocycles. The molecule has 0 aromatic carbocycles. The van der Waals surface area contributed by atoms with Gasteiger partial charge in [0.25, 0.3) is 0 Å². The minimum absolute atomic E-state index is 0.534. The van der Waals surface area contributed by atoms with Crippen molar-refractivity contribution in [3.63, 3.8) is 0 Å². The van der Waals surface area contributed by atoms with Crippen LogP contribution in [0.5, 0.6) is 0 Å². The Balaban J connectivity index is 1.51. The quantitative estimate of drug-likeness (QED) is 0.543. The van der Waals surface area contributed by atoms with Gasteiger partial charge in [-0.2, -0.15) is 0 Å². The first-order valence-electron chi connectivity index (χ1n) is 9.77. The number of rotatable bonds is 1. The van der Waals surface area contributed by atoms with Crippen molar-refractivity contribution < 1.29 is 0 Å². The lowest BCUT2D eigenvalue weighted by molar-refractivity contribution is -0.0293. The molecular weight excluding hydrogens is 264 g/mol. The van der Waals surface area contributed by atoms with E-state index in [4.69, 9.17) is 0 Å². The van der Waals surface area contributed by atoms with Crippen LogP contribution in [0, 0.1) is 29.2 Å². The van der Waals surface area contributed by atoms with Crippen LogP contribution in [0.3, 0.4) is 0 Å². The van der Waals surface area contributed by atoms with E-state index in [0.717, 1.165) is 17.8 Å². The van der Waals surface area contributed by atoms with E-state index < -0.39 is 0 Å². The van der Waals surface area contributed by atoms with Crippen LogP contribution < -0.4 is 0 Å². The van der Waals surface area contributed by atoms with Crippen LogP contribution in [0.4, 0.5) is 0 Å². The smallest absolute Gasteiger partial charge is 0.00301 e. The molecule has 5 saturated carbocycles. The molecule has 6 aliphatic rings. The van der Waals surface area contributed by atoms with Gasteiger partial charge in [0.1, 0.15) is 0 Å². The third kappa shape index (κ3) is 2.02. The second kappa shape index (κ2) is 4.86. The van der Waals surface area contributed by atoms with Crippen LogP contribution in [0.15, 0.2) is 28.4 Å². The molecule has 0 heterocycles. The Bertz CT molecular complexity index is 540. The minimum atomic E-state index is 0.534. The SMILES string of the molecule is CC1=CC(=C2CCCCC2)[C]=C1C12CC3CC(CC(C3)C1)C2. The molecule has 0 nitrogen and oxygen atoms in total. The summed E-state index contributed by atoms with van der Waals surface area (Å²) in [5.74, 6) is 3.12. The Morgan fingerprint density at radius 2 is 1.50 bits per heavy atom. The molecule has 5 fully saturated rings. The normalized spacial score (nSPS) is 43.6. The molecule has 4 bridgehead atoms. The molecule has 0 N–H and O–H groups in total. The number of allylic oxidation sites excluding steroid dienone is 6. The van der Waals surface area contributed by atoms with E-state index in [-0.39, 0.29) is 0 Å². The van der Waals surface area contributed by atoms with E-state index in [1.165, 1.54) is 56.9 Å². The van der Waals surface area contributed by atoms with Crippen molar-refractivity contribution in [3.8, 4) is 0 Å². The lowest BCUT2D eigenvalue weighted by atomic mass is 9.47. The summed E-state index contributed by atoms with van der Waals surface area (Å²) in [4.78, 5) is 0. The van der Waals surface area contributed by atoms with E-state index in [9.17, 15) is 0 Å². The molecule has 117 valence electrons. The van der Waals surface area contributed by atoms with Gasteiger partial charge in [0.15, 0.2) is 0 Å². The third-order valence-corrected chi connectivity index (χ3v) is 7.42. The molecule has 0 aromatic rings. The highest BCUT2D eigenvalue weighted by Crippen LogP contribution is 2.64. The van der Waals surface area contributed by atoms with Crippen molar-refractivity contribution in [2.24, 2.45) is 23.2 Å². The Labute approximate surface area is 135 Å². The molecule has 0 amide bonds. The van der Waals surface area contributed by atoms with Crippen LogP contribution in [0.2, 0.25) is 0 Å². The minimum Gasteiger partial charge on any atom is -0.0623 e. The summed E-state index contributed by atoms with van der Waals surface area (Å²) in [6.07, 6.45) is 22.5. The zero-order chi connectivity index (χ0) is 14.7. The summed E-state index contributed by atoms with van der Waals surface area (Å²) in [6, 6.07) is 0. The van der Waals surface area contributed by atoms with Gasteiger partial charge in [-0.25, -0.2) is 0 Å². The van der Waals surface area contributed by atoms with Gasteiger partial charge in [0.2, 0.25) is 0 Å². The van der Waals surface area contributed by atoms with E-state index in [1.807, 2.05) is 0 Å². The van der Waals surface area contributed by atoms with Gasteiger partial charge in [-0.05, 0) is 117 Å². The zero-order valence-corrected chi connectivity index (χ0v) is 14.1. The fourth-order valence-corrected chi connectivity index (χ4v) is 6.96. The number of hydrogen-bond acceptors (Lipinski definition) is 0. The standard InChI is InChI=1S/C22H29/c1-15-7-20(19-5-3-2-4-6-19)11-21(15)22-12-16-8-17(13-22)10-18(9-16)14-22/h7,16-18H,2-6,8-10,12-14H2,1H3. The average molecular weight is 293 g/mol. The lowest BCUT2D eigenvalue weighted by Gasteiger charge is -2.57. The predicted octanol–water partition coefficient (Wildman–Crippen LogP) is 6.15. The summed E-state index contributed by atoms with van der Waals surface area (Å²) >= 11 is 0. The molecule has 22 heavy (non-hydrogen) atoms. The molecule has 1 radical (unpaired) electrons. The van der Waals surface area contributed by atoms with Crippen molar-refractivity contribution >= 4 is 0 Å².